The van der Waals surface area contributed by atoms with E-state index in [1.807, 2.05) is 48.5 Å². The van der Waals surface area contributed by atoms with E-state index in [1.165, 1.54) is 0 Å². The maximum absolute atomic E-state index is 11.6. The summed E-state index contributed by atoms with van der Waals surface area (Å²) in [5, 5.41) is 15.5. The van der Waals surface area contributed by atoms with Crippen molar-refractivity contribution in [1.82, 2.24) is 24.2 Å². The Morgan fingerprint density at radius 1 is 1.02 bits per heavy atom. The molecular formula is C31H31N5O4. The third kappa shape index (κ3) is 4.82. The van der Waals surface area contributed by atoms with Crippen LogP contribution >= 0.6 is 0 Å². The van der Waals surface area contributed by atoms with Gasteiger partial charge in [0, 0.05) is 31.3 Å². The highest BCUT2D eigenvalue weighted by Gasteiger charge is 2.26. The molecule has 1 atom stereocenters. The van der Waals surface area contributed by atoms with Crippen LogP contribution in [0.2, 0.25) is 0 Å². The minimum absolute atomic E-state index is 0.153. The van der Waals surface area contributed by atoms with Crippen molar-refractivity contribution >= 4 is 27.9 Å². The molecule has 2 aliphatic heterocycles. The van der Waals surface area contributed by atoms with E-state index < -0.39 is 5.97 Å². The molecule has 2 fully saturated rings. The first kappa shape index (κ1) is 24.8. The summed E-state index contributed by atoms with van der Waals surface area (Å²) < 4.78 is 16.1. The van der Waals surface area contributed by atoms with Crippen LogP contribution in [0.25, 0.3) is 21.9 Å². The van der Waals surface area contributed by atoms with Gasteiger partial charge in [-0.15, -0.1) is 0 Å². The van der Waals surface area contributed by atoms with Crippen molar-refractivity contribution in [1.29, 1.82) is 0 Å². The second-order valence-corrected chi connectivity index (χ2v) is 10.7. The standard InChI is InChI=1S/C31H31N5O4/c37-31(38)21-9-10-26-27(17-21)35(19-25-13-16-39-25)29(32-26)20-34-14-11-23(12-15-34)36-18-22-5-4-8-28(30(22)33-36)40-24-6-2-1-3-7-24/h1-10,17-18,23,25H,11-16,19-20H2,(H,37,38). The second-order valence-electron chi connectivity index (χ2n) is 10.7. The van der Waals surface area contributed by atoms with E-state index in [2.05, 4.69) is 26.4 Å². The van der Waals surface area contributed by atoms with Gasteiger partial charge in [0.25, 0.3) is 0 Å². The van der Waals surface area contributed by atoms with Gasteiger partial charge in [-0.05, 0) is 55.7 Å². The zero-order chi connectivity index (χ0) is 27.1. The van der Waals surface area contributed by atoms with Crippen LogP contribution in [0.3, 0.4) is 0 Å². The van der Waals surface area contributed by atoms with E-state index in [-0.39, 0.29) is 11.7 Å². The van der Waals surface area contributed by atoms with Crippen LogP contribution in [0.4, 0.5) is 0 Å². The largest absolute Gasteiger partial charge is 0.478 e. The summed E-state index contributed by atoms with van der Waals surface area (Å²) >= 11 is 0. The van der Waals surface area contributed by atoms with Crippen molar-refractivity contribution < 1.29 is 19.4 Å². The number of likely N-dealkylation sites (tertiary alicyclic amines) is 1. The first-order valence-electron chi connectivity index (χ1n) is 13.9. The van der Waals surface area contributed by atoms with E-state index >= 15 is 0 Å². The van der Waals surface area contributed by atoms with Gasteiger partial charge in [-0.1, -0.05) is 30.3 Å². The molecule has 0 aliphatic carbocycles. The van der Waals surface area contributed by atoms with Crippen LogP contribution in [0.1, 0.15) is 41.5 Å². The fraction of sp³-hybridized carbons (Fsp3) is 0.323. The van der Waals surface area contributed by atoms with Gasteiger partial charge in [-0.3, -0.25) is 9.58 Å². The van der Waals surface area contributed by atoms with Gasteiger partial charge < -0.3 is 19.1 Å². The number of rotatable bonds is 8. The van der Waals surface area contributed by atoms with Crippen LogP contribution in [0.15, 0.2) is 72.9 Å². The number of hydrogen-bond acceptors (Lipinski definition) is 6. The molecule has 0 radical (unpaired) electrons. The molecule has 2 aromatic heterocycles. The Kier molecular flexibility index (Phi) is 6.45. The number of carboxylic acid groups (broad SMARTS) is 1. The molecule has 0 bridgehead atoms. The fourth-order valence-electron chi connectivity index (χ4n) is 5.73. The van der Waals surface area contributed by atoms with Gasteiger partial charge in [-0.2, -0.15) is 5.10 Å². The molecule has 5 aromatic rings. The molecule has 1 N–H and O–H groups in total. The molecule has 0 saturated carbocycles. The Balaban J connectivity index is 1.07. The highest BCUT2D eigenvalue weighted by Crippen LogP contribution is 2.32. The molecule has 0 amide bonds. The quantitative estimate of drug-likeness (QED) is 0.279. The highest BCUT2D eigenvalue weighted by atomic mass is 16.5. The van der Waals surface area contributed by atoms with Crippen molar-refractivity contribution in [3.8, 4) is 11.5 Å². The fourth-order valence-corrected chi connectivity index (χ4v) is 5.73. The van der Waals surface area contributed by atoms with Gasteiger partial charge >= 0.3 is 5.97 Å². The second kappa shape index (κ2) is 10.4. The Bertz CT molecular complexity index is 1670. The summed E-state index contributed by atoms with van der Waals surface area (Å²) in [5.41, 5.74) is 2.84. The summed E-state index contributed by atoms with van der Waals surface area (Å²) in [6.45, 7) is 4.05. The lowest BCUT2D eigenvalue weighted by Gasteiger charge is -2.32. The Morgan fingerprint density at radius 2 is 1.85 bits per heavy atom. The third-order valence-corrected chi connectivity index (χ3v) is 8.04. The summed E-state index contributed by atoms with van der Waals surface area (Å²) in [6, 6.07) is 21.3. The van der Waals surface area contributed by atoms with Crippen LogP contribution in [0, 0.1) is 0 Å². The molecule has 7 rings (SSSR count). The molecule has 40 heavy (non-hydrogen) atoms. The van der Waals surface area contributed by atoms with Gasteiger partial charge in [0.05, 0.1) is 41.8 Å². The van der Waals surface area contributed by atoms with E-state index in [0.717, 1.165) is 78.2 Å². The SMILES string of the molecule is O=C(O)c1ccc2nc(CN3CCC(n4cc5cccc(Oc6ccccc6)c5n4)CC3)n(CC3CCO3)c2c1. The van der Waals surface area contributed by atoms with Crippen LogP contribution < -0.4 is 4.74 Å². The Hall–Kier alpha value is -4.21. The molecule has 2 aliphatic rings. The Morgan fingerprint density at radius 3 is 2.60 bits per heavy atom. The molecule has 1 unspecified atom stereocenters. The van der Waals surface area contributed by atoms with Crippen LogP contribution in [-0.2, 0) is 17.8 Å². The number of aromatic nitrogens is 4. The number of carboxylic acids is 1. The lowest BCUT2D eigenvalue weighted by Crippen LogP contribution is -2.36. The maximum atomic E-state index is 11.6. The minimum Gasteiger partial charge on any atom is -0.478 e. The van der Waals surface area contributed by atoms with Gasteiger partial charge in [0.1, 0.15) is 17.1 Å². The first-order valence-corrected chi connectivity index (χ1v) is 13.9. The van der Waals surface area contributed by atoms with Crippen molar-refractivity contribution in [2.75, 3.05) is 19.7 Å². The lowest BCUT2D eigenvalue weighted by atomic mass is 10.1. The molecule has 9 heteroatoms. The number of nitrogens with zero attached hydrogens (tertiary/aromatic N) is 5. The molecule has 9 nitrogen and oxygen atoms in total. The predicted octanol–water partition coefficient (Wildman–Crippen LogP) is 5.50. The number of imidazole rings is 1. The molecule has 4 heterocycles. The topological polar surface area (TPSA) is 94.6 Å². The van der Waals surface area contributed by atoms with Crippen LogP contribution in [0.5, 0.6) is 11.5 Å². The van der Waals surface area contributed by atoms with Gasteiger partial charge in [-0.25, -0.2) is 9.78 Å². The average Bonchev–Trinajstić information content (AvgIpc) is 3.53. The first-order chi connectivity index (χ1) is 19.6. The van der Waals surface area contributed by atoms with Crippen molar-refractivity contribution in [3.63, 3.8) is 0 Å². The third-order valence-electron chi connectivity index (χ3n) is 8.04. The lowest BCUT2D eigenvalue weighted by molar-refractivity contribution is -0.0592. The smallest absolute Gasteiger partial charge is 0.335 e. The number of hydrogen-bond donors (Lipinski definition) is 1. The number of carbonyl (C=O) groups is 1. The minimum atomic E-state index is -0.928. The summed E-state index contributed by atoms with van der Waals surface area (Å²) in [6.07, 6.45) is 5.26. The van der Waals surface area contributed by atoms with Gasteiger partial charge in [0.15, 0.2) is 5.75 Å². The maximum Gasteiger partial charge on any atom is 0.335 e. The van der Waals surface area contributed by atoms with Crippen LogP contribution in [-0.4, -0.2) is 61.1 Å². The van der Waals surface area contributed by atoms with Crippen molar-refractivity contribution in [2.24, 2.45) is 0 Å². The van der Waals surface area contributed by atoms with Gasteiger partial charge in [0.2, 0.25) is 0 Å². The molecule has 3 aromatic carbocycles. The number of aromatic carboxylic acids is 1. The summed E-state index contributed by atoms with van der Waals surface area (Å²) in [7, 11) is 0. The number of piperidine rings is 1. The van der Waals surface area contributed by atoms with E-state index in [4.69, 9.17) is 19.6 Å². The molecule has 0 spiro atoms. The van der Waals surface area contributed by atoms with E-state index in [0.29, 0.717) is 19.1 Å². The van der Waals surface area contributed by atoms with E-state index in [1.54, 1.807) is 12.1 Å². The zero-order valence-corrected chi connectivity index (χ0v) is 22.1. The number of ether oxygens (including phenoxy) is 2. The molecular weight excluding hydrogens is 506 g/mol. The molecule has 204 valence electrons. The predicted molar refractivity (Wildman–Crippen MR) is 151 cm³/mol. The molecule has 2 saturated heterocycles. The number of benzene rings is 3. The van der Waals surface area contributed by atoms with Crippen molar-refractivity contribution in [3.05, 3.63) is 84.3 Å². The monoisotopic (exact) mass is 537 g/mol. The summed E-state index contributed by atoms with van der Waals surface area (Å²) in [5.74, 6) is 1.59. The average molecular weight is 538 g/mol. The highest BCUT2D eigenvalue weighted by molar-refractivity contribution is 5.92. The van der Waals surface area contributed by atoms with E-state index in [9.17, 15) is 9.90 Å². The zero-order valence-electron chi connectivity index (χ0n) is 22.1. The normalized spacial score (nSPS) is 18.2. The number of fused-ring (bicyclic) bond motifs is 2. The number of para-hydroxylation sites is 1. The summed E-state index contributed by atoms with van der Waals surface area (Å²) in [4.78, 5) is 18.9. The van der Waals surface area contributed by atoms with Crippen molar-refractivity contribution in [2.45, 2.75) is 44.5 Å². The Labute approximate surface area is 231 Å².